The maximum absolute atomic E-state index is 12.8. The van der Waals surface area contributed by atoms with E-state index in [1.807, 2.05) is 0 Å². The van der Waals surface area contributed by atoms with Crippen LogP contribution in [0.3, 0.4) is 0 Å². The molecule has 1 rings (SSSR count). The van der Waals surface area contributed by atoms with Crippen LogP contribution >= 0.6 is 15.9 Å². The fraction of sp³-hybridized carbons (Fsp3) is 0.100. The molecule has 0 saturated heterocycles. The van der Waals surface area contributed by atoms with Crippen LogP contribution in [0.25, 0.3) is 0 Å². The smallest absolute Gasteiger partial charge is 0.248 e. The summed E-state index contributed by atoms with van der Waals surface area (Å²) in [6.07, 6.45) is 3.03. The minimum atomic E-state index is -0.353. The van der Waals surface area contributed by atoms with Gasteiger partial charge in [-0.05, 0) is 47.1 Å². The molecule has 2 nitrogen and oxygen atoms in total. The number of benzene rings is 1. The van der Waals surface area contributed by atoms with Gasteiger partial charge in [0.05, 0.1) is 4.47 Å². The third kappa shape index (κ3) is 2.96. The Bertz CT molecular complexity index is 376. The van der Waals surface area contributed by atoms with Gasteiger partial charge in [-0.3, -0.25) is 4.79 Å². The van der Waals surface area contributed by atoms with Gasteiger partial charge in [0.1, 0.15) is 5.82 Å². The zero-order valence-corrected chi connectivity index (χ0v) is 9.14. The summed E-state index contributed by atoms with van der Waals surface area (Å²) in [6.45, 7) is 1.75. The minimum Gasteiger partial charge on any atom is -0.322 e. The van der Waals surface area contributed by atoms with Gasteiger partial charge in [-0.15, -0.1) is 0 Å². The summed E-state index contributed by atoms with van der Waals surface area (Å²) < 4.78 is 13.1. The van der Waals surface area contributed by atoms with Crippen molar-refractivity contribution in [1.82, 2.24) is 0 Å². The van der Waals surface area contributed by atoms with Crippen LogP contribution in [0.5, 0.6) is 0 Å². The van der Waals surface area contributed by atoms with Crippen LogP contribution < -0.4 is 5.32 Å². The molecule has 1 aromatic carbocycles. The highest BCUT2D eigenvalue weighted by Crippen LogP contribution is 2.19. The van der Waals surface area contributed by atoms with Crippen LogP contribution in [0.1, 0.15) is 6.92 Å². The molecule has 0 aliphatic rings. The molecule has 0 fully saturated rings. The SMILES string of the molecule is C/C=C/C(=O)Nc1ccc(F)c(Br)c1. The van der Waals surface area contributed by atoms with Crippen molar-refractivity contribution in [2.45, 2.75) is 6.92 Å². The Morgan fingerprint density at radius 2 is 2.29 bits per heavy atom. The molecular weight excluding hydrogens is 249 g/mol. The Morgan fingerprint density at radius 1 is 1.57 bits per heavy atom. The summed E-state index contributed by atoms with van der Waals surface area (Å²) >= 11 is 3.03. The van der Waals surface area contributed by atoms with Crippen molar-refractivity contribution in [3.8, 4) is 0 Å². The monoisotopic (exact) mass is 257 g/mol. The van der Waals surface area contributed by atoms with Gasteiger partial charge in [0.25, 0.3) is 0 Å². The normalized spacial score (nSPS) is 10.5. The molecule has 14 heavy (non-hydrogen) atoms. The van der Waals surface area contributed by atoms with E-state index >= 15 is 0 Å². The van der Waals surface area contributed by atoms with Crippen LogP contribution in [0.2, 0.25) is 0 Å². The van der Waals surface area contributed by atoms with Crippen LogP contribution in [0.15, 0.2) is 34.8 Å². The average Bonchev–Trinajstić information content (AvgIpc) is 2.12. The number of carbonyl (C=O) groups excluding carboxylic acids is 1. The molecule has 4 heteroatoms. The van der Waals surface area contributed by atoms with Crippen LogP contribution in [-0.4, -0.2) is 5.91 Å². The lowest BCUT2D eigenvalue weighted by Crippen LogP contribution is -2.07. The first-order chi connectivity index (χ1) is 6.63. The molecule has 74 valence electrons. The Labute approximate surface area is 89.9 Å². The number of halogens is 2. The van der Waals surface area contributed by atoms with Gasteiger partial charge in [-0.2, -0.15) is 0 Å². The number of allylic oxidation sites excluding steroid dienone is 1. The van der Waals surface area contributed by atoms with Crippen molar-refractivity contribution in [2.24, 2.45) is 0 Å². The predicted molar refractivity (Wildman–Crippen MR) is 57.5 cm³/mol. The zero-order valence-electron chi connectivity index (χ0n) is 7.55. The summed E-state index contributed by atoms with van der Waals surface area (Å²) in [5, 5.41) is 2.59. The zero-order chi connectivity index (χ0) is 10.6. The summed E-state index contributed by atoms with van der Waals surface area (Å²) in [7, 11) is 0. The van der Waals surface area contributed by atoms with Crippen LogP contribution in [-0.2, 0) is 4.79 Å². The fourth-order valence-electron chi connectivity index (χ4n) is 0.909. The number of rotatable bonds is 2. The van der Waals surface area contributed by atoms with Crippen molar-refractivity contribution in [1.29, 1.82) is 0 Å². The number of hydrogen-bond donors (Lipinski definition) is 1. The van der Waals surface area contributed by atoms with E-state index in [0.717, 1.165) is 0 Å². The second kappa shape index (κ2) is 4.91. The van der Waals surface area contributed by atoms with E-state index in [0.29, 0.717) is 10.2 Å². The Morgan fingerprint density at radius 3 is 2.86 bits per heavy atom. The molecule has 0 radical (unpaired) electrons. The maximum Gasteiger partial charge on any atom is 0.248 e. The molecule has 0 spiro atoms. The molecule has 0 aromatic heterocycles. The molecule has 1 N–H and O–H groups in total. The standard InChI is InChI=1S/C10H9BrFNO/c1-2-3-10(14)13-7-4-5-9(12)8(11)6-7/h2-6H,1H3,(H,13,14)/b3-2+. The second-order valence-electron chi connectivity index (χ2n) is 2.62. The summed E-state index contributed by atoms with van der Waals surface area (Å²) in [6, 6.07) is 4.30. The Hall–Kier alpha value is -1.16. The van der Waals surface area contributed by atoms with Crippen molar-refractivity contribution in [2.75, 3.05) is 5.32 Å². The van der Waals surface area contributed by atoms with Crippen molar-refractivity contribution in [3.05, 3.63) is 40.6 Å². The van der Waals surface area contributed by atoms with Crippen molar-refractivity contribution >= 4 is 27.5 Å². The molecule has 0 unspecified atom stereocenters. The van der Waals surface area contributed by atoms with Crippen molar-refractivity contribution < 1.29 is 9.18 Å². The highest BCUT2D eigenvalue weighted by molar-refractivity contribution is 9.10. The lowest BCUT2D eigenvalue weighted by molar-refractivity contribution is -0.111. The molecule has 1 amide bonds. The first-order valence-corrected chi connectivity index (χ1v) is 4.81. The van der Waals surface area contributed by atoms with Gasteiger partial charge in [0, 0.05) is 5.69 Å². The van der Waals surface area contributed by atoms with Crippen molar-refractivity contribution in [3.63, 3.8) is 0 Å². The number of hydrogen-bond acceptors (Lipinski definition) is 1. The second-order valence-corrected chi connectivity index (χ2v) is 3.47. The molecule has 0 heterocycles. The van der Waals surface area contributed by atoms with Gasteiger partial charge in [-0.1, -0.05) is 6.08 Å². The number of amides is 1. The van der Waals surface area contributed by atoms with Gasteiger partial charge in [0.15, 0.2) is 0 Å². The highest BCUT2D eigenvalue weighted by atomic mass is 79.9. The Kier molecular flexibility index (Phi) is 3.83. The molecule has 0 aliphatic carbocycles. The van der Waals surface area contributed by atoms with E-state index < -0.39 is 0 Å². The molecule has 0 bridgehead atoms. The molecule has 1 aromatic rings. The van der Waals surface area contributed by atoms with E-state index in [1.54, 1.807) is 13.0 Å². The largest absolute Gasteiger partial charge is 0.322 e. The fourth-order valence-corrected chi connectivity index (χ4v) is 1.29. The highest BCUT2D eigenvalue weighted by Gasteiger charge is 2.01. The molecule has 0 aliphatic heterocycles. The molecule has 0 saturated carbocycles. The lowest BCUT2D eigenvalue weighted by atomic mass is 10.3. The molecular formula is C10H9BrFNO. The lowest BCUT2D eigenvalue weighted by Gasteiger charge is -2.02. The van der Waals surface area contributed by atoms with E-state index in [9.17, 15) is 9.18 Å². The van der Waals surface area contributed by atoms with E-state index in [-0.39, 0.29) is 11.7 Å². The predicted octanol–water partition coefficient (Wildman–Crippen LogP) is 3.10. The average molecular weight is 258 g/mol. The van der Waals surface area contributed by atoms with E-state index in [1.165, 1.54) is 24.3 Å². The summed E-state index contributed by atoms with van der Waals surface area (Å²) in [5.41, 5.74) is 0.557. The first kappa shape index (κ1) is 10.9. The molecule has 0 atom stereocenters. The van der Waals surface area contributed by atoms with Crippen LogP contribution in [0, 0.1) is 5.82 Å². The summed E-state index contributed by atoms with van der Waals surface area (Å²) in [5.74, 6) is -0.583. The topological polar surface area (TPSA) is 29.1 Å². The van der Waals surface area contributed by atoms with Crippen LogP contribution in [0.4, 0.5) is 10.1 Å². The summed E-state index contributed by atoms with van der Waals surface area (Å²) in [4.78, 5) is 11.1. The van der Waals surface area contributed by atoms with Gasteiger partial charge in [-0.25, -0.2) is 4.39 Å². The first-order valence-electron chi connectivity index (χ1n) is 4.02. The van der Waals surface area contributed by atoms with Gasteiger partial charge < -0.3 is 5.32 Å². The quantitative estimate of drug-likeness (QED) is 0.811. The third-order valence-electron chi connectivity index (χ3n) is 1.51. The number of carbonyl (C=O) groups is 1. The van der Waals surface area contributed by atoms with E-state index in [2.05, 4.69) is 21.2 Å². The maximum atomic E-state index is 12.8. The number of nitrogens with one attached hydrogen (secondary N) is 1. The Balaban J connectivity index is 2.78. The minimum absolute atomic E-state index is 0.231. The number of anilines is 1. The van der Waals surface area contributed by atoms with Gasteiger partial charge >= 0.3 is 0 Å². The third-order valence-corrected chi connectivity index (χ3v) is 2.11. The van der Waals surface area contributed by atoms with Gasteiger partial charge in [0.2, 0.25) is 5.91 Å². The van der Waals surface area contributed by atoms with E-state index in [4.69, 9.17) is 0 Å².